The molecular formula is C19H17Cl2N5O5. The number of nitro benzene ring substituents is 1. The minimum atomic E-state index is -0.824. The molecular weight excluding hydrogens is 449 g/mol. The van der Waals surface area contributed by atoms with E-state index in [9.17, 15) is 19.7 Å². The number of nitro groups is 1. The van der Waals surface area contributed by atoms with Crippen molar-refractivity contribution in [1.82, 2.24) is 20.4 Å². The van der Waals surface area contributed by atoms with Crippen LogP contribution in [0.5, 0.6) is 0 Å². The Morgan fingerprint density at radius 3 is 2.03 bits per heavy atom. The van der Waals surface area contributed by atoms with Gasteiger partial charge >= 0.3 is 0 Å². The molecule has 0 unspecified atom stereocenters. The lowest BCUT2D eigenvalue weighted by atomic mass is 9.89. The Morgan fingerprint density at radius 1 is 0.968 bits per heavy atom. The van der Waals surface area contributed by atoms with Crippen LogP contribution in [0.15, 0.2) is 44.3 Å². The molecule has 31 heavy (non-hydrogen) atoms. The van der Waals surface area contributed by atoms with Crippen molar-refractivity contribution in [3.8, 4) is 11.3 Å². The van der Waals surface area contributed by atoms with Crippen LogP contribution < -0.4 is 11.1 Å². The molecule has 0 saturated carbocycles. The highest BCUT2D eigenvalue weighted by atomic mass is 35.5. The van der Waals surface area contributed by atoms with E-state index in [4.69, 9.17) is 16.0 Å². The molecule has 10 nitrogen and oxygen atoms in total. The highest BCUT2D eigenvalue weighted by molar-refractivity contribution is 6.30. The second-order valence-corrected chi connectivity index (χ2v) is 7.23. The van der Waals surface area contributed by atoms with Gasteiger partial charge in [-0.15, -0.1) is 12.4 Å². The number of nitrogens with one attached hydrogen (secondary N) is 4. The molecule has 4 rings (SSSR count). The quantitative estimate of drug-likeness (QED) is 0.261. The van der Waals surface area contributed by atoms with E-state index < -0.39 is 22.0 Å². The monoisotopic (exact) mass is 465 g/mol. The number of furan rings is 1. The van der Waals surface area contributed by atoms with Gasteiger partial charge < -0.3 is 14.6 Å². The molecule has 0 saturated heterocycles. The van der Waals surface area contributed by atoms with Gasteiger partial charge in [0.15, 0.2) is 0 Å². The zero-order chi connectivity index (χ0) is 21.6. The number of hydrogen-bond donors (Lipinski definition) is 4. The molecule has 1 aromatic carbocycles. The lowest BCUT2D eigenvalue weighted by molar-refractivity contribution is -0.384. The molecule has 0 spiro atoms. The Hall–Kier alpha value is -3.50. The third kappa shape index (κ3) is 3.82. The SMILES string of the molecule is Cc1[nH][nH]c(=O)c1C(c1ccc(-c2ccc(Cl)cc2[N+](=O)[O-])o1)c1c(C)[nH][nH]c1=O.Cl. The molecule has 12 heteroatoms. The first kappa shape index (κ1) is 22.2. The molecule has 0 aliphatic carbocycles. The van der Waals surface area contributed by atoms with Crippen LogP contribution in [0.2, 0.25) is 5.02 Å². The molecule has 0 fully saturated rings. The van der Waals surface area contributed by atoms with E-state index >= 15 is 0 Å². The molecule has 0 radical (unpaired) electrons. The molecule has 0 atom stereocenters. The fraction of sp³-hybridized carbons (Fsp3) is 0.158. The van der Waals surface area contributed by atoms with Crippen LogP contribution in [-0.2, 0) is 0 Å². The molecule has 3 heterocycles. The molecule has 162 valence electrons. The smallest absolute Gasteiger partial charge is 0.281 e. The summed E-state index contributed by atoms with van der Waals surface area (Å²) in [5.74, 6) is -0.321. The fourth-order valence-corrected chi connectivity index (χ4v) is 3.72. The number of aromatic amines is 4. The first-order valence-corrected chi connectivity index (χ1v) is 9.24. The summed E-state index contributed by atoms with van der Waals surface area (Å²) in [4.78, 5) is 35.8. The maximum Gasteiger partial charge on any atom is 0.281 e. The topological polar surface area (TPSA) is 154 Å². The maximum absolute atomic E-state index is 12.5. The van der Waals surface area contributed by atoms with Crippen molar-refractivity contribution in [3.05, 3.63) is 94.5 Å². The number of rotatable bonds is 5. The van der Waals surface area contributed by atoms with Crippen LogP contribution in [0.1, 0.15) is 34.2 Å². The number of halogens is 2. The summed E-state index contributed by atoms with van der Waals surface area (Å²) in [6.07, 6.45) is 0. The minimum absolute atomic E-state index is 0. The molecule has 4 aromatic rings. The summed E-state index contributed by atoms with van der Waals surface area (Å²) in [6, 6.07) is 7.39. The van der Waals surface area contributed by atoms with Crippen LogP contribution in [0.25, 0.3) is 11.3 Å². The molecule has 3 aromatic heterocycles. The predicted octanol–water partition coefficient (Wildman–Crippen LogP) is 3.76. The Balaban J connectivity index is 0.00000272. The van der Waals surface area contributed by atoms with Crippen molar-refractivity contribution in [2.45, 2.75) is 19.8 Å². The van der Waals surface area contributed by atoms with Crippen molar-refractivity contribution >= 4 is 29.7 Å². The van der Waals surface area contributed by atoms with E-state index in [1.807, 2.05) is 0 Å². The maximum atomic E-state index is 12.5. The van der Waals surface area contributed by atoms with Gasteiger partial charge in [-0.05, 0) is 38.1 Å². The highest BCUT2D eigenvalue weighted by Crippen LogP contribution is 2.38. The van der Waals surface area contributed by atoms with E-state index in [2.05, 4.69) is 20.4 Å². The van der Waals surface area contributed by atoms with Crippen molar-refractivity contribution in [2.75, 3.05) is 0 Å². The van der Waals surface area contributed by atoms with Gasteiger partial charge in [0.05, 0.1) is 27.5 Å². The number of hydrogen-bond acceptors (Lipinski definition) is 5. The lowest BCUT2D eigenvalue weighted by Crippen LogP contribution is -2.19. The first-order chi connectivity index (χ1) is 14.3. The Kier molecular flexibility index (Phi) is 5.96. The van der Waals surface area contributed by atoms with Crippen molar-refractivity contribution in [2.24, 2.45) is 0 Å². The third-order valence-corrected chi connectivity index (χ3v) is 5.17. The number of aromatic nitrogens is 4. The summed E-state index contributed by atoms with van der Waals surface area (Å²) in [5.41, 5.74) is 0.936. The summed E-state index contributed by atoms with van der Waals surface area (Å²) in [6.45, 7) is 3.40. The number of nitrogens with zero attached hydrogens (tertiary/aromatic N) is 1. The Labute approximate surface area is 185 Å². The van der Waals surface area contributed by atoms with Gasteiger partial charge in [-0.25, -0.2) is 0 Å². The molecule has 0 bridgehead atoms. The van der Waals surface area contributed by atoms with Gasteiger partial charge in [-0.1, -0.05) is 11.6 Å². The molecule has 4 N–H and O–H groups in total. The second kappa shape index (κ2) is 8.32. The van der Waals surface area contributed by atoms with Crippen LogP contribution in [0, 0.1) is 24.0 Å². The van der Waals surface area contributed by atoms with Crippen molar-refractivity contribution in [1.29, 1.82) is 0 Å². The van der Waals surface area contributed by atoms with Gasteiger partial charge in [-0.3, -0.25) is 29.9 Å². The zero-order valence-electron chi connectivity index (χ0n) is 16.2. The largest absolute Gasteiger partial charge is 0.460 e. The number of benzene rings is 1. The second-order valence-electron chi connectivity index (χ2n) is 6.79. The van der Waals surface area contributed by atoms with Crippen LogP contribution in [0.4, 0.5) is 5.69 Å². The average Bonchev–Trinajstić information content (AvgIpc) is 3.39. The van der Waals surface area contributed by atoms with E-state index in [0.717, 1.165) is 0 Å². The number of aryl methyl sites for hydroxylation is 2. The predicted molar refractivity (Wildman–Crippen MR) is 116 cm³/mol. The Morgan fingerprint density at radius 2 is 1.55 bits per heavy atom. The van der Waals surface area contributed by atoms with E-state index in [0.29, 0.717) is 22.5 Å². The van der Waals surface area contributed by atoms with E-state index in [1.54, 1.807) is 26.0 Å². The highest BCUT2D eigenvalue weighted by Gasteiger charge is 2.31. The number of H-pyrrole nitrogens is 4. The van der Waals surface area contributed by atoms with Crippen LogP contribution in [0.3, 0.4) is 0 Å². The van der Waals surface area contributed by atoms with E-state index in [-0.39, 0.29) is 40.2 Å². The van der Waals surface area contributed by atoms with Crippen LogP contribution >= 0.6 is 24.0 Å². The van der Waals surface area contributed by atoms with Crippen LogP contribution in [-0.4, -0.2) is 25.3 Å². The van der Waals surface area contributed by atoms with Crippen molar-refractivity contribution in [3.63, 3.8) is 0 Å². The minimum Gasteiger partial charge on any atom is -0.460 e. The Bertz CT molecular complexity index is 1320. The van der Waals surface area contributed by atoms with Gasteiger partial charge in [0, 0.05) is 22.5 Å². The summed E-state index contributed by atoms with van der Waals surface area (Å²) in [7, 11) is 0. The fourth-order valence-electron chi connectivity index (χ4n) is 3.55. The van der Waals surface area contributed by atoms with Gasteiger partial charge in [0.1, 0.15) is 11.5 Å². The van der Waals surface area contributed by atoms with Gasteiger partial charge in [0.25, 0.3) is 16.8 Å². The molecule has 0 aliphatic heterocycles. The summed E-state index contributed by atoms with van der Waals surface area (Å²) >= 11 is 5.89. The summed E-state index contributed by atoms with van der Waals surface area (Å²) in [5, 5.41) is 22.2. The lowest BCUT2D eigenvalue weighted by Gasteiger charge is -2.12. The molecule has 0 aliphatic rings. The average molecular weight is 466 g/mol. The third-order valence-electron chi connectivity index (χ3n) is 4.93. The van der Waals surface area contributed by atoms with Crippen molar-refractivity contribution < 1.29 is 9.34 Å². The first-order valence-electron chi connectivity index (χ1n) is 8.86. The van der Waals surface area contributed by atoms with Gasteiger partial charge in [0.2, 0.25) is 0 Å². The molecule has 0 amide bonds. The van der Waals surface area contributed by atoms with Gasteiger partial charge in [-0.2, -0.15) is 0 Å². The zero-order valence-corrected chi connectivity index (χ0v) is 17.8. The van der Waals surface area contributed by atoms with E-state index in [1.165, 1.54) is 18.2 Å². The summed E-state index contributed by atoms with van der Waals surface area (Å²) < 4.78 is 5.95. The standard InChI is InChI=1S/C19H16ClN5O5.ClH/c1-8-15(18(26)23-21-8)17(16-9(2)22-24-19(16)27)14-6-5-13(30-14)11-4-3-10(20)7-12(11)25(28)29;/h3-7,17H,1-2H3,(H2,21,23,26)(H2,22,24,27);1H. The normalized spacial score (nSPS) is 11.0.